The fourth-order valence-electron chi connectivity index (χ4n) is 3.18. The van der Waals surface area contributed by atoms with Gasteiger partial charge >= 0.3 is 0 Å². The minimum absolute atomic E-state index is 0.0161. The molecule has 6 heteroatoms. The van der Waals surface area contributed by atoms with Crippen LogP contribution in [0.1, 0.15) is 44.2 Å². The first kappa shape index (κ1) is 19.4. The van der Waals surface area contributed by atoms with Crippen LogP contribution in [0, 0.1) is 17.2 Å². The van der Waals surface area contributed by atoms with Crippen molar-refractivity contribution in [1.29, 1.82) is 5.26 Å². The second-order valence-corrected chi connectivity index (χ2v) is 7.65. The molecule has 134 valence electrons. The van der Waals surface area contributed by atoms with Crippen LogP contribution >= 0.6 is 0 Å². The fraction of sp³-hybridized carbons (Fsp3) is 0.421. The molecule has 25 heavy (non-hydrogen) atoms. The first-order valence-corrected chi connectivity index (χ1v) is 9.61. The van der Waals surface area contributed by atoms with E-state index in [1.807, 2.05) is 31.2 Å². The smallest absolute Gasteiger partial charge is 0.157 e. The summed E-state index contributed by atoms with van der Waals surface area (Å²) in [5.41, 5.74) is 10.8. The number of hydrogen-bond acceptors (Lipinski definition) is 4. The molecule has 5 nitrogen and oxygen atoms in total. The standard InChI is InChI=1S/C19H25N3O2S/c1-12(2)8-18-16(10-21)19(15-6-4-14(9-20)5-7-15)17(11-25(23)24)13(3)22-18/h4-7,12,19,22H,8-9,11,20H2,1-3H3,(H,23,24). The number of hydrogen-bond donors (Lipinski definition) is 3. The lowest BCUT2D eigenvalue weighted by Crippen LogP contribution is -2.28. The van der Waals surface area contributed by atoms with Gasteiger partial charge in [0.1, 0.15) is 0 Å². The molecule has 0 saturated carbocycles. The molecular weight excluding hydrogens is 334 g/mol. The first-order valence-electron chi connectivity index (χ1n) is 8.33. The van der Waals surface area contributed by atoms with Gasteiger partial charge in [-0.05, 0) is 36.0 Å². The van der Waals surface area contributed by atoms with E-state index < -0.39 is 11.1 Å². The summed E-state index contributed by atoms with van der Waals surface area (Å²) in [6.45, 7) is 6.56. The zero-order valence-electron chi connectivity index (χ0n) is 14.9. The molecule has 0 amide bonds. The van der Waals surface area contributed by atoms with Gasteiger partial charge < -0.3 is 15.6 Å². The van der Waals surface area contributed by atoms with Crippen molar-refractivity contribution in [2.75, 3.05) is 5.75 Å². The predicted octanol–water partition coefficient (Wildman–Crippen LogP) is 3.15. The van der Waals surface area contributed by atoms with Crippen molar-refractivity contribution in [3.8, 4) is 6.07 Å². The molecule has 0 aromatic heterocycles. The molecule has 0 saturated heterocycles. The molecule has 0 aliphatic carbocycles. The quantitative estimate of drug-likeness (QED) is 0.678. The number of nitrogens with zero attached hydrogens (tertiary/aromatic N) is 1. The van der Waals surface area contributed by atoms with E-state index >= 15 is 0 Å². The van der Waals surface area contributed by atoms with Crippen LogP contribution in [-0.4, -0.2) is 14.5 Å². The Hall–Kier alpha value is -1.94. The molecule has 1 heterocycles. The van der Waals surface area contributed by atoms with E-state index in [1.165, 1.54) is 0 Å². The van der Waals surface area contributed by atoms with Gasteiger partial charge in [0.25, 0.3) is 0 Å². The van der Waals surface area contributed by atoms with E-state index in [9.17, 15) is 14.0 Å². The highest BCUT2D eigenvalue weighted by atomic mass is 32.2. The number of rotatable bonds is 6. The van der Waals surface area contributed by atoms with Crippen LogP contribution in [0.5, 0.6) is 0 Å². The maximum Gasteiger partial charge on any atom is 0.157 e. The minimum atomic E-state index is -1.97. The minimum Gasteiger partial charge on any atom is -0.362 e. The normalized spacial score (nSPS) is 19.0. The highest BCUT2D eigenvalue weighted by Crippen LogP contribution is 2.39. The maximum absolute atomic E-state index is 11.5. The van der Waals surface area contributed by atoms with Gasteiger partial charge in [0.05, 0.1) is 17.4 Å². The Morgan fingerprint density at radius 3 is 2.48 bits per heavy atom. The molecule has 2 atom stereocenters. The van der Waals surface area contributed by atoms with E-state index in [0.717, 1.165) is 34.5 Å². The molecule has 2 rings (SSSR count). The summed E-state index contributed by atoms with van der Waals surface area (Å²) < 4.78 is 20.9. The highest BCUT2D eigenvalue weighted by Gasteiger charge is 2.31. The molecule has 2 unspecified atom stereocenters. The highest BCUT2D eigenvalue weighted by molar-refractivity contribution is 7.79. The van der Waals surface area contributed by atoms with Gasteiger partial charge in [-0.15, -0.1) is 0 Å². The predicted molar refractivity (Wildman–Crippen MR) is 101 cm³/mol. The van der Waals surface area contributed by atoms with Crippen molar-refractivity contribution in [1.82, 2.24) is 5.32 Å². The number of allylic oxidation sites excluding steroid dienone is 3. The molecule has 0 fully saturated rings. The monoisotopic (exact) mass is 359 g/mol. The van der Waals surface area contributed by atoms with Gasteiger partial charge in [0.15, 0.2) is 11.1 Å². The zero-order chi connectivity index (χ0) is 18.6. The Labute approximate surface area is 151 Å². The van der Waals surface area contributed by atoms with Crippen LogP contribution < -0.4 is 11.1 Å². The van der Waals surface area contributed by atoms with E-state index in [2.05, 4.69) is 25.2 Å². The van der Waals surface area contributed by atoms with Gasteiger partial charge in [-0.3, -0.25) is 0 Å². The third-order valence-electron chi connectivity index (χ3n) is 4.34. The lowest BCUT2D eigenvalue weighted by Gasteiger charge is -2.31. The van der Waals surface area contributed by atoms with Gasteiger partial charge in [0, 0.05) is 23.9 Å². The Morgan fingerprint density at radius 2 is 2.00 bits per heavy atom. The summed E-state index contributed by atoms with van der Waals surface area (Å²) in [7, 11) is 0. The number of benzene rings is 1. The summed E-state index contributed by atoms with van der Waals surface area (Å²) in [6, 6.07) is 10.1. The second kappa shape index (κ2) is 8.43. The van der Waals surface area contributed by atoms with Gasteiger partial charge in [0.2, 0.25) is 0 Å². The number of nitrogens with two attached hydrogens (primary N) is 1. The van der Waals surface area contributed by atoms with Crippen molar-refractivity contribution in [2.45, 2.75) is 39.7 Å². The summed E-state index contributed by atoms with van der Waals surface area (Å²) in [4.78, 5) is 0. The summed E-state index contributed by atoms with van der Waals surface area (Å²) >= 11 is -1.97. The fourth-order valence-corrected chi connectivity index (χ4v) is 3.83. The van der Waals surface area contributed by atoms with E-state index in [4.69, 9.17) is 5.73 Å². The lowest BCUT2D eigenvalue weighted by molar-refractivity contribution is 0.563. The third kappa shape index (κ3) is 4.57. The number of nitrogens with one attached hydrogen (secondary N) is 1. The van der Waals surface area contributed by atoms with E-state index in [0.29, 0.717) is 18.0 Å². The SMILES string of the molecule is CC1=C(CS(=O)O)C(c2ccc(CN)cc2)C(C#N)=C(CC(C)C)N1. The first-order chi connectivity index (χ1) is 11.9. The lowest BCUT2D eigenvalue weighted by atomic mass is 9.80. The molecule has 0 radical (unpaired) electrons. The van der Waals surface area contributed by atoms with Gasteiger partial charge in [-0.2, -0.15) is 5.26 Å². The van der Waals surface area contributed by atoms with E-state index in [1.54, 1.807) is 0 Å². The average Bonchev–Trinajstić information content (AvgIpc) is 2.56. The van der Waals surface area contributed by atoms with Crippen molar-refractivity contribution in [3.05, 3.63) is 57.9 Å². The molecule has 1 aromatic rings. The summed E-state index contributed by atoms with van der Waals surface area (Å²) in [5.74, 6) is 0.109. The molecular formula is C19H25N3O2S. The third-order valence-corrected chi connectivity index (χ3v) is 4.90. The van der Waals surface area contributed by atoms with Gasteiger partial charge in [-0.25, -0.2) is 4.21 Å². The van der Waals surface area contributed by atoms with Crippen LogP contribution in [-0.2, 0) is 17.6 Å². The summed E-state index contributed by atoms with van der Waals surface area (Å²) in [6.07, 6.45) is 0.757. The Bertz CT molecular complexity index is 758. The Morgan fingerprint density at radius 1 is 1.36 bits per heavy atom. The van der Waals surface area contributed by atoms with E-state index in [-0.39, 0.29) is 11.7 Å². The van der Waals surface area contributed by atoms with Crippen molar-refractivity contribution in [2.24, 2.45) is 11.7 Å². The second-order valence-electron chi connectivity index (χ2n) is 6.72. The largest absolute Gasteiger partial charge is 0.362 e. The molecule has 0 spiro atoms. The molecule has 1 aliphatic heterocycles. The molecule has 1 aromatic carbocycles. The van der Waals surface area contributed by atoms with Crippen LogP contribution in [0.3, 0.4) is 0 Å². The zero-order valence-corrected chi connectivity index (χ0v) is 15.7. The number of dihydropyridines is 1. The topological polar surface area (TPSA) is 99.1 Å². The van der Waals surface area contributed by atoms with Crippen LogP contribution in [0.2, 0.25) is 0 Å². The number of nitriles is 1. The van der Waals surface area contributed by atoms with Crippen molar-refractivity contribution >= 4 is 11.1 Å². The molecule has 1 aliphatic rings. The van der Waals surface area contributed by atoms with Crippen LogP contribution in [0.15, 0.2) is 46.8 Å². The Balaban J connectivity index is 2.57. The maximum atomic E-state index is 11.5. The van der Waals surface area contributed by atoms with Crippen LogP contribution in [0.4, 0.5) is 0 Å². The molecule has 4 N–H and O–H groups in total. The van der Waals surface area contributed by atoms with Crippen LogP contribution in [0.25, 0.3) is 0 Å². The van der Waals surface area contributed by atoms with Gasteiger partial charge in [-0.1, -0.05) is 38.1 Å². The Kier molecular flexibility index (Phi) is 6.54. The summed E-state index contributed by atoms with van der Waals surface area (Å²) in [5, 5.41) is 13.1. The van der Waals surface area contributed by atoms with Crippen molar-refractivity contribution < 1.29 is 8.76 Å². The average molecular weight is 359 g/mol. The molecule has 0 bridgehead atoms. The van der Waals surface area contributed by atoms with Crippen molar-refractivity contribution in [3.63, 3.8) is 0 Å².